The van der Waals surface area contributed by atoms with Gasteiger partial charge in [-0.3, -0.25) is 4.79 Å². The zero-order chi connectivity index (χ0) is 16.8. The predicted octanol–water partition coefficient (Wildman–Crippen LogP) is 1.32. The lowest BCUT2D eigenvalue weighted by Gasteiger charge is -2.16. The topological polar surface area (TPSA) is 72.5 Å². The molecule has 1 amide bonds. The molecule has 2 N–H and O–H groups in total. The second-order valence-electron chi connectivity index (χ2n) is 5.69. The minimum atomic E-state index is 0.0225. The molecule has 0 spiro atoms. The van der Waals surface area contributed by atoms with Gasteiger partial charge in [-0.2, -0.15) is 0 Å². The number of carbonyl (C=O) groups is 1. The molecule has 0 saturated heterocycles. The van der Waals surface area contributed by atoms with Gasteiger partial charge >= 0.3 is 0 Å². The van der Waals surface area contributed by atoms with Gasteiger partial charge in [-0.05, 0) is 45.0 Å². The highest BCUT2D eigenvalue weighted by Crippen LogP contribution is 2.19. The molecule has 0 aliphatic carbocycles. The van der Waals surface area contributed by atoms with Crippen LogP contribution in [0.25, 0.3) is 11.5 Å². The standard InChI is InChI=1S/C16H21ClN4O2/c1-4-21(9-14(22)18-11(2)3)10-15-19-20-16(23-15)12-5-7-13(17)8-6-12/h5-8,11H,4,9-10H2,1-3H3,(H,18,22)/p+1. The molecule has 0 aliphatic heterocycles. The number of hydrogen-bond donors (Lipinski definition) is 2. The summed E-state index contributed by atoms with van der Waals surface area (Å²) in [5, 5.41) is 11.7. The molecule has 2 aromatic rings. The summed E-state index contributed by atoms with van der Waals surface area (Å²) in [5.41, 5.74) is 0.823. The first kappa shape index (κ1) is 17.4. The lowest BCUT2D eigenvalue weighted by atomic mass is 10.2. The highest BCUT2D eigenvalue weighted by atomic mass is 35.5. The summed E-state index contributed by atoms with van der Waals surface area (Å²) in [6.07, 6.45) is 0. The van der Waals surface area contributed by atoms with E-state index in [0.29, 0.717) is 29.9 Å². The van der Waals surface area contributed by atoms with Gasteiger partial charge in [0.15, 0.2) is 13.1 Å². The molecular formula is C16H22ClN4O2+. The molecule has 0 aliphatic rings. The van der Waals surface area contributed by atoms with Crippen LogP contribution < -0.4 is 10.2 Å². The van der Waals surface area contributed by atoms with Gasteiger partial charge in [0, 0.05) is 16.6 Å². The van der Waals surface area contributed by atoms with Crippen molar-refractivity contribution >= 4 is 17.5 Å². The molecule has 7 heteroatoms. The molecule has 1 aromatic carbocycles. The van der Waals surface area contributed by atoms with Crippen molar-refractivity contribution in [2.24, 2.45) is 0 Å². The van der Waals surface area contributed by atoms with Gasteiger partial charge < -0.3 is 14.6 Å². The number of hydrogen-bond acceptors (Lipinski definition) is 4. The summed E-state index contributed by atoms with van der Waals surface area (Å²) in [7, 11) is 0. The summed E-state index contributed by atoms with van der Waals surface area (Å²) < 4.78 is 5.69. The van der Waals surface area contributed by atoms with Crippen molar-refractivity contribution in [1.29, 1.82) is 0 Å². The molecule has 2 rings (SSSR count). The highest BCUT2D eigenvalue weighted by molar-refractivity contribution is 6.30. The van der Waals surface area contributed by atoms with Crippen molar-refractivity contribution in [3.63, 3.8) is 0 Å². The Balaban J connectivity index is 1.99. The van der Waals surface area contributed by atoms with Crippen LogP contribution in [0.4, 0.5) is 0 Å². The third kappa shape index (κ3) is 5.33. The Hall–Kier alpha value is -1.92. The Morgan fingerprint density at radius 1 is 1.30 bits per heavy atom. The molecule has 1 unspecified atom stereocenters. The Labute approximate surface area is 140 Å². The van der Waals surface area contributed by atoms with E-state index in [0.717, 1.165) is 17.0 Å². The van der Waals surface area contributed by atoms with Crippen molar-refractivity contribution in [3.05, 3.63) is 35.2 Å². The maximum Gasteiger partial charge on any atom is 0.275 e. The maximum atomic E-state index is 11.9. The zero-order valence-electron chi connectivity index (χ0n) is 13.6. The van der Waals surface area contributed by atoms with Gasteiger partial charge in [0.2, 0.25) is 5.89 Å². The Morgan fingerprint density at radius 3 is 2.61 bits per heavy atom. The van der Waals surface area contributed by atoms with Gasteiger partial charge in [-0.15, -0.1) is 10.2 Å². The molecule has 0 saturated carbocycles. The van der Waals surface area contributed by atoms with Crippen LogP contribution in [-0.2, 0) is 11.3 Å². The lowest BCUT2D eigenvalue weighted by Crippen LogP contribution is -3.11. The van der Waals surface area contributed by atoms with E-state index in [-0.39, 0.29) is 11.9 Å². The number of carbonyl (C=O) groups excluding carboxylic acids is 1. The quantitative estimate of drug-likeness (QED) is 0.799. The monoisotopic (exact) mass is 337 g/mol. The van der Waals surface area contributed by atoms with Crippen LogP contribution in [0.5, 0.6) is 0 Å². The smallest absolute Gasteiger partial charge is 0.275 e. The van der Waals surface area contributed by atoms with Gasteiger partial charge in [0.25, 0.3) is 11.8 Å². The zero-order valence-corrected chi connectivity index (χ0v) is 14.4. The fourth-order valence-corrected chi connectivity index (χ4v) is 2.29. The summed E-state index contributed by atoms with van der Waals surface area (Å²) in [4.78, 5) is 12.9. The average molecular weight is 338 g/mol. The molecule has 0 radical (unpaired) electrons. The molecule has 1 heterocycles. The van der Waals surface area contributed by atoms with E-state index in [9.17, 15) is 4.79 Å². The number of nitrogens with one attached hydrogen (secondary N) is 2. The molecule has 0 bridgehead atoms. The number of nitrogens with zero attached hydrogens (tertiary/aromatic N) is 2. The molecule has 23 heavy (non-hydrogen) atoms. The lowest BCUT2D eigenvalue weighted by molar-refractivity contribution is -0.905. The van der Waals surface area contributed by atoms with Crippen molar-refractivity contribution in [2.45, 2.75) is 33.4 Å². The van der Waals surface area contributed by atoms with E-state index in [1.165, 1.54) is 0 Å². The summed E-state index contributed by atoms with van der Waals surface area (Å²) in [6, 6.07) is 7.36. The molecule has 124 valence electrons. The Kier molecular flexibility index (Phi) is 6.12. The van der Waals surface area contributed by atoms with Crippen LogP contribution in [0.2, 0.25) is 5.02 Å². The molecule has 1 atom stereocenters. The average Bonchev–Trinajstić information content (AvgIpc) is 2.95. The van der Waals surface area contributed by atoms with E-state index in [2.05, 4.69) is 15.5 Å². The first-order valence-electron chi connectivity index (χ1n) is 7.69. The van der Waals surface area contributed by atoms with Crippen LogP contribution in [0.1, 0.15) is 26.7 Å². The van der Waals surface area contributed by atoms with Crippen molar-refractivity contribution in [3.8, 4) is 11.5 Å². The second kappa shape index (κ2) is 8.08. The minimum Gasteiger partial charge on any atom is -0.415 e. The van der Waals surface area contributed by atoms with Crippen LogP contribution >= 0.6 is 11.6 Å². The minimum absolute atomic E-state index is 0.0225. The van der Waals surface area contributed by atoms with Crippen LogP contribution in [0.15, 0.2) is 28.7 Å². The molecule has 1 aromatic heterocycles. The number of quaternary nitrogens is 1. The van der Waals surface area contributed by atoms with Crippen molar-refractivity contribution in [1.82, 2.24) is 15.5 Å². The predicted molar refractivity (Wildman–Crippen MR) is 88.1 cm³/mol. The van der Waals surface area contributed by atoms with Crippen LogP contribution in [-0.4, -0.2) is 35.2 Å². The maximum absolute atomic E-state index is 11.9. The van der Waals surface area contributed by atoms with Gasteiger partial charge in [0.05, 0.1) is 6.54 Å². The van der Waals surface area contributed by atoms with Gasteiger partial charge in [0.1, 0.15) is 0 Å². The second-order valence-corrected chi connectivity index (χ2v) is 6.12. The largest absolute Gasteiger partial charge is 0.415 e. The van der Waals surface area contributed by atoms with E-state index in [1.807, 2.05) is 32.9 Å². The molecule has 0 fully saturated rings. The number of amides is 1. The summed E-state index contributed by atoms with van der Waals surface area (Å²) >= 11 is 5.87. The SMILES string of the molecule is CC[NH+](CC(=O)NC(C)C)Cc1nnc(-c2ccc(Cl)cc2)o1. The highest BCUT2D eigenvalue weighted by Gasteiger charge is 2.18. The first-order valence-corrected chi connectivity index (χ1v) is 8.07. The number of likely N-dealkylation sites (N-methyl/N-ethyl adjacent to an activating group) is 1. The third-order valence-corrected chi connectivity index (χ3v) is 3.57. The molecule has 6 nitrogen and oxygen atoms in total. The number of rotatable bonds is 7. The van der Waals surface area contributed by atoms with E-state index < -0.39 is 0 Å². The Bertz CT molecular complexity index is 640. The Morgan fingerprint density at radius 2 is 2.00 bits per heavy atom. The number of halogens is 1. The fourth-order valence-electron chi connectivity index (χ4n) is 2.16. The summed E-state index contributed by atoms with van der Waals surface area (Å²) in [5.74, 6) is 0.997. The van der Waals surface area contributed by atoms with Crippen LogP contribution in [0, 0.1) is 0 Å². The molecular weight excluding hydrogens is 316 g/mol. The fraction of sp³-hybridized carbons (Fsp3) is 0.438. The van der Waals surface area contributed by atoms with Crippen LogP contribution in [0.3, 0.4) is 0 Å². The number of benzene rings is 1. The van der Waals surface area contributed by atoms with Crippen molar-refractivity contribution < 1.29 is 14.1 Å². The van der Waals surface area contributed by atoms with E-state index in [4.69, 9.17) is 16.0 Å². The first-order chi connectivity index (χ1) is 11.0. The van der Waals surface area contributed by atoms with E-state index >= 15 is 0 Å². The van der Waals surface area contributed by atoms with Crippen molar-refractivity contribution in [2.75, 3.05) is 13.1 Å². The van der Waals surface area contributed by atoms with Gasteiger partial charge in [-0.25, -0.2) is 0 Å². The van der Waals surface area contributed by atoms with Gasteiger partial charge in [-0.1, -0.05) is 11.6 Å². The normalized spacial score (nSPS) is 12.4. The number of aromatic nitrogens is 2. The van der Waals surface area contributed by atoms with E-state index in [1.54, 1.807) is 12.1 Å². The third-order valence-electron chi connectivity index (χ3n) is 3.32. The summed E-state index contributed by atoms with van der Waals surface area (Å²) in [6.45, 7) is 7.61.